The summed E-state index contributed by atoms with van der Waals surface area (Å²) in [6.07, 6.45) is -0.161. The summed E-state index contributed by atoms with van der Waals surface area (Å²) in [6.45, 7) is 1.71. The smallest absolute Gasteiger partial charge is 0.337 e. The van der Waals surface area contributed by atoms with Crippen molar-refractivity contribution >= 4 is 45.7 Å². The molecule has 0 aliphatic heterocycles. The molecule has 4 rings (SSSR count). The fourth-order valence-electron chi connectivity index (χ4n) is 3.17. The van der Waals surface area contributed by atoms with Crippen LogP contribution in [-0.2, 0) is 6.42 Å². The number of Topliss-reactive ketones (excluding diaryl/α,β-unsaturated/α-hetero) is 1. The van der Waals surface area contributed by atoms with Crippen LogP contribution < -0.4 is 0 Å². The first-order chi connectivity index (χ1) is 13.8. The van der Waals surface area contributed by atoms with Crippen molar-refractivity contribution in [3.8, 4) is 10.4 Å². The van der Waals surface area contributed by atoms with Gasteiger partial charge in [-0.25, -0.2) is 9.18 Å². The van der Waals surface area contributed by atoms with Gasteiger partial charge in [0.05, 0.1) is 10.4 Å². The van der Waals surface area contributed by atoms with Gasteiger partial charge in [-0.2, -0.15) is 0 Å². The highest BCUT2D eigenvalue weighted by Crippen LogP contribution is 2.37. The number of thiophene rings is 1. The van der Waals surface area contributed by atoms with E-state index in [1.165, 1.54) is 6.07 Å². The zero-order chi connectivity index (χ0) is 20.7. The minimum absolute atomic E-state index is 0.0833. The van der Waals surface area contributed by atoms with Gasteiger partial charge in [0, 0.05) is 22.4 Å². The molecule has 0 bridgehead atoms. The van der Waals surface area contributed by atoms with Crippen molar-refractivity contribution in [3.05, 3.63) is 81.1 Å². The molecule has 0 saturated carbocycles. The number of carboxylic acid groups (broad SMARTS) is 1. The molecule has 2 aromatic carbocycles. The first-order valence-electron chi connectivity index (χ1n) is 8.66. The molecule has 0 amide bonds. The van der Waals surface area contributed by atoms with E-state index in [-0.39, 0.29) is 39.0 Å². The summed E-state index contributed by atoms with van der Waals surface area (Å²) in [5.74, 6) is -2.02. The van der Waals surface area contributed by atoms with Gasteiger partial charge in [-0.05, 0) is 47.7 Å². The zero-order valence-electron chi connectivity index (χ0n) is 15.2. The van der Waals surface area contributed by atoms with E-state index < -0.39 is 11.8 Å². The molecule has 0 unspecified atom stereocenters. The molecule has 4 nitrogen and oxygen atoms in total. The fraction of sp³-hybridized carbons (Fsp3) is 0.0909. The third kappa shape index (κ3) is 3.57. The number of hydrogen-bond donors (Lipinski definition) is 1. The number of aryl methyl sites for hydroxylation is 1. The predicted molar refractivity (Wildman–Crippen MR) is 111 cm³/mol. The van der Waals surface area contributed by atoms with Gasteiger partial charge >= 0.3 is 5.97 Å². The maximum Gasteiger partial charge on any atom is 0.337 e. The van der Waals surface area contributed by atoms with Gasteiger partial charge in [-0.1, -0.05) is 29.8 Å². The number of aromatic carboxylic acids is 1. The molecular formula is C22H14ClFO4S. The summed E-state index contributed by atoms with van der Waals surface area (Å²) < 4.78 is 20.0. The van der Waals surface area contributed by atoms with Crippen LogP contribution in [-0.4, -0.2) is 16.9 Å². The van der Waals surface area contributed by atoms with E-state index in [0.717, 1.165) is 22.8 Å². The van der Waals surface area contributed by atoms with Crippen molar-refractivity contribution in [2.75, 3.05) is 0 Å². The molecule has 1 N–H and O–H groups in total. The average Bonchev–Trinajstić information content (AvgIpc) is 3.28. The number of benzene rings is 2. The average molecular weight is 429 g/mol. The highest BCUT2D eigenvalue weighted by atomic mass is 35.5. The molecule has 0 aliphatic carbocycles. The molecule has 0 saturated heterocycles. The molecule has 0 spiro atoms. The van der Waals surface area contributed by atoms with E-state index in [0.29, 0.717) is 16.7 Å². The highest BCUT2D eigenvalue weighted by Gasteiger charge is 2.24. The van der Waals surface area contributed by atoms with Crippen molar-refractivity contribution in [1.29, 1.82) is 0 Å². The zero-order valence-corrected chi connectivity index (χ0v) is 16.7. The monoisotopic (exact) mass is 428 g/mol. The molecule has 2 heterocycles. The topological polar surface area (TPSA) is 67.5 Å². The van der Waals surface area contributed by atoms with E-state index in [2.05, 4.69) is 0 Å². The molecule has 0 aliphatic rings. The van der Waals surface area contributed by atoms with Crippen LogP contribution in [0.2, 0.25) is 5.02 Å². The maximum absolute atomic E-state index is 14.5. The second-order valence-corrected chi connectivity index (χ2v) is 7.89. The normalized spacial score (nSPS) is 11.1. The molecule has 146 valence electrons. The van der Waals surface area contributed by atoms with Crippen LogP contribution in [0, 0.1) is 12.7 Å². The first kappa shape index (κ1) is 19.4. The quantitative estimate of drug-likeness (QED) is 0.374. The SMILES string of the molecule is Cc1cc(-c2scc(CC(=O)c3cc4ccccc4o3)c2C(=O)O)c(F)cc1Cl. The van der Waals surface area contributed by atoms with Gasteiger partial charge in [-0.15, -0.1) is 11.3 Å². The van der Waals surface area contributed by atoms with Crippen LogP contribution in [0.4, 0.5) is 4.39 Å². The largest absolute Gasteiger partial charge is 0.478 e. The van der Waals surface area contributed by atoms with Crippen molar-refractivity contribution in [1.82, 2.24) is 0 Å². The van der Waals surface area contributed by atoms with E-state index in [1.807, 2.05) is 12.1 Å². The van der Waals surface area contributed by atoms with Crippen LogP contribution in [0.1, 0.15) is 32.0 Å². The summed E-state index contributed by atoms with van der Waals surface area (Å²) in [5.41, 5.74) is 1.60. The Morgan fingerprint density at radius 2 is 1.97 bits per heavy atom. The molecule has 0 fully saturated rings. The number of carbonyl (C=O) groups excluding carboxylic acids is 1. The Bertz CT molecular complexity index is 1240. The number of fused-ring (bicyclic) bond motifs is 1. The van der Waals surface area contributed by atoms with E-state index in [9.17, 15) is 19.1 Å². The van der Waals surface area contributed by atoms with Gasteiger partial charge < -0.3 is 9.52 Å². The van der Waals surface area contributed by atoms with Crippen molar-refractivity contribution in [2.45, 2.75) is 13.3 Å². The summed E-state index contributed by atoms with van der Waals surface area (Å²) in [4.78, 5) is 24.9. The summed E-state index contributed by atoms with van der Waals surface area (Å²) in [7, 11) is 0. The minimum atomic E-state index is -1.22. The number of ketones is 1. The lowest BCUT2D eigenvalue weighted by atomic mass is 10.0. The Hall–Kier alpha value is -2.96. The van der Waals surface area contributed by atoms with Crippen LogP contribution in [0.3, 0.4) is 0 Å². The van der Waals surface area contributed by atoms with E-state index in [1.54, 1.807) is 30.5 Å². The number of carbonyl (C=O) groups is 2. The summed E-state index contributed by atoms with van der Waals surface area (Å²) >= 11 is 7.02. The van der Waals surface area contributed by atoms with Crippen molar-refractivity contribution in [2.24, 2.45) is 0 Å². The van der Waals surface area contributed by atoms with Crippen molar-refractivity contribution < 1.29 is 23.5 Å². The highest BCUT2D eigenvalue weighted by molar-refractivity contribution is 7.14. The molecule has 4 aromatic rings. The van der Waals surface area contributed by atoms with Crippen molar-refractivity contribution in [3.63, 3.8) is 0 Å². The second-order valence-electron chi connectivity index (χ2n) is 6.60. The second kappa shape index (κ2) is 7.46. The van der Waals surface area contributed by atoms with Gasteiger partial charge in [0.15, 0.2) is 5.76 Å². The van der Waals surface area contributed by atoms with Gasteiger partial charge in [0.2, 0.25) is 5.78 Å². The van der Waals surface area contributed by atoms with Gasteiger partial charge in [0.25, 0.3) is 0 Å². The Balaban J connectivity index is 1.73. The van der Waals surface area contributed by atoms with Crippen LogP contribution in [0.15, 0.2) is 52.3 Å². The van der Waals surface area contributed by atoms with Gasteiger partial charge in [0.1, 0.15) is 11.4 Å². The lowest BCUT2D eigenvalue weighted by molar-refractivity contribution is 0.0697. The number of para-hydroxylation sites is 1. The lowest BCUT2D eigenvalue weighted by Gasteiger charge is -2.07. The number of furan rings is 1. The first-order valence-corrected chi connectivity index (χ1v) is 9.92. The molecule has 7 heteroatoms. The Morgan fingerprint density at radius 3 is 2.69 bits per heavy atom. The number of rotatable bonds is 5. The third-order valence-corrected chi connectivity index (χ3v) is 6.09. The number of carboxylic acids is 1. The number of hydrogen-bond acceptors (Lipinski definition) is 4. The third-order valence-electron chi connectivity index (χ3n) is 4.63. The van der Waals surface area contributed by atoms with E-state index in [4.69, 9.17) is 16.0 Å². The number of halogens is 2. The van der Waals surface area contributed by atoms with Crippen LogP contribution in [0.5, 0.6) is 0 Å². The Kier molecular flexibility index (Phi) is 4.98. The predicted octanol–water partition coefficient (Wildman–Crippen LogP) is 6.39. The Labute approximate surface area is 174 Å². The molecule has 0 radical (unpaired) electrons. The molecule has 29 heavy (non-hydrogen) atoms. The molecule has 0 atom stereocenters. The fourth-order valence-corrected chi connectivity index (χ4v) is 4.40. The van der Waals surface area contributed by atoms with E-state index >= 15 is 0 Å². The minimum Gasteiger partial charge on any atom is -0.478 e. The lowest BCUT2D eigenvalue weighted by Crippen LogP contribution is -2.07. The molecular weight excluding hydrogens is 415 g/mol. The Morgan fingerprint density at radius 1 is 1.21 bits per heavy atom. The van der Waals surface area contributed by atoms with Crippen LogP contribution >= 0.6 is 22.9 Å². The van der Waals surface area contributed by atoms with Gasteiger partial charge in [-0.3, -0.25) is 4.79 Å². The summed E-state index contributed by atoms with van der Waals surface area (Å²) in [6, 6.07) is 11.5. The van der Waals surface area contributed by atoms with Crippen LogP contribution in [0.25, 0.3) is 21.4 Å². The molecule has 2 aromatic heterocycles. The summed E-state index contributed by atoms with van der Waals surface area (Å²) in [5, 5.41) is 12.4. The standard InChI is InChI=1S/C22H14ClFO4S/c1-11-6-14(16(24)9-15(11)23)21-20(22(26)27)13(10-29-21)7-17(25)19-8-12-4-2-3-5-18(12)28-19/h2-6,8-10H,7H2,1H3,(H,26,27). The maximum atomic E-state index is 14.5.